The lowest BCUT2D eigenvalue weighted by molar-refractivity contribution is -0.132. The molecule has 2 aliphatic heterocycles. The predicted octanol–water partition coefficient (Wildman–Crippen LogP) is 1.64. The van der Waals surface area contributed by atoms with E-state index in [0.717, 1.165) is 64.2 Å². The summed E-state index contributed by atoms with van der Waals surface area (Å²) in [6, 6.07) is 9.49. The molecule has 2 aliphatic rings. The fraction of sp³-hybridized carbons (Fsp3) is 0.600. The van der Waals surface area contributed by atoms with Crippen LogP contribution in [0.5, 0.6) is 0 Å². The third-order valence-corrected chi connectivity index (χ3v) is 5.40. The molecule has 0 bridgehead atoms. The third kappa shape index (κ3) is 4.83. The number of hydrogen-bond donors (Lipinski definition) is 1. The Hall–Kier alpha value is -1.92. The topological polar surface area (TPSA) is 55.9 Å². The zero-order chi connectivity index (χ0) is 18.4. The predicted molar refractivity (Wildman–Crippen MR) is 103 cm³/mol. The van der Waals surface area contributed by atoms with E-state index < -0.39 is 0 Å². The van der Waals surface area contributed by atoms with Gasteiger partial charge in [0.25, 0.3) is 0 Å². The fourth-order valence-corrected chi connectivity index (χ4v) is 3.85. The van der Waals surface area contributed by atoms with Gasteiger partial charge in [0.1, 0.15) is 0 Å². The Labute approximate surface area is 156 Å². The summed E-state index contributed by atoms with van der Waals surface area (Å²) in [5, 5.41) is 3.02. The lowest BCUT2D eigenvalue weighted by Crippen LogP contribution is -2.55. The molecule has 0 radical (unpaired) electrons. The number of nitrogens with one attached hydrogen (secondary N) is 1. The Morgan fingerprint density at radius 2 is 1.65 bits per heavy atom. The molecule has 1 aromatic rings. The van der Waals surface area contributed by atoms with Crippen molar-refractivity contribution in [3.05, 3.63) is 30.3 Å². The Balaban J connectivity index is 1.47. The highest BCUT2D eigenvalue weighted by Gasteiger charge is 2.29. The third-order valence-electron chi connectivity index (χ3n) is 5.40. The largest absolute Gasteiger partial charge is 0.342 e. The SMILES string of the molecule is CC[C@@H](C(=O)Nc1ccccc1)N1CCN(CC(=O)N2CCCC2)CC1. The maximum Gasteiger partial charge on any atom is 0.241 e. The number of likely N-dealkylation sites (tertiary alicyclic amines) is 1. The number of carbonyl (C=O) groups excluding carboxylic acids is 2. The molecule has 142 valence electrons. The van der Waals surface area contributed by atoms with Crippen LogP contribution in [0.3, 0.4) is 0 Å². The summed E-state index contributed by atoms with van der Waals surface area (Å²) in [7, 11) is 0. The molecule has 6 heteroatoms. The second-order valence-corrected chi connectivity index (χ2v) is 7.18. The van der Waals surface area contributed by atoms with Crippen LogP contribution in [-0.2, 0) is 9.59 Å². The average Bonchev–Trinajstić information content (AvgIpc) is 3.19. The molecule has 26 heavy (non-hydrogen) atoms. The van der Waals surface area contributed by atoms with Crippen LogP contribution in [0.15, 0.2) is 30.3 Å². The Bertz CT molecular complexity index is 593. The van der Waals surface area contributed by atoms with E-state index in [1.807, 2.05) is 35.2 Å². The highest BCUT2D eigenvalue weighted by atomic mass is 16.2. The fourth-order valence-electron chi connectivity index (χ4n) is 3.85. The van der Waals surface area contributed by atoms with Gasteiger partial charge >= 0.3 is 0 Å². The van der Waals surface area contributed by atoms with E-state index in [1.165, 1.54) is 0 Å². The first kappa shape index (κ1) is 18.9. The molecule has 1 aromatic carbocycles. The van der Waals surface area contributed by atoms with Gasteiger partial charge in [-0.15, -0.1) is 0 Å². The van der Waals surface area contributed by atoms with Crippen LogP contribution in [0.25, 0.3) is 0 Å². The van der Waals surface area contributed by atoms with Crippen LogP contribution < -0.4 is 5.32 Å². The summed E-state index contributed by atoms with van der Waals surface area (Å²) in [4.78, 5) is 31.4. The molecule has 2 saturated heterocycles. The Kier molecular flexibility index (Phi) is 6.63. The van der Waals surface area contributed by atoms with Crippen molar-refractivity contribution in [2.24, 2.45) is 0 Å². The van der Waals surface area contributed by atoms with E-state index in [-0.39, 0.29) is 17.9 Å². The van der Waals surface area contributed by atoms with Gasteiger partial charge in [0.2, 0.25) is 11.8 Å². The minimum Gasteiger partial charge on any atom is -0.342 e. The minimum atomic E-state index is -0.119. The zero-order valence-corrected chi connectivity index (χ0v) is 15.7. The number of anilines is 1. The highest BCUT2D eigenvalue weighted by molar-refractivity contribution is 5.94. The molecule has 0 spiro atoms. The molecule has 0 aromatic heterocycles. The van der Waals surface area contributed by atoms with Gasteiger partial charge in [0.15, 0.2) is 0 Å². The number of rotatable bonds is 6. The smallest absolute Gasteiger partial charge is 0.241 e. The summed E-state index contributed by atoms with van der Waals surface area (Å²) in [6.07, 6.45) is 3.05. The Morgan fingerprint density at radius 3 is 2.27 bits per heavy atom. The lowest BCUT2D eigenvalue weighted by Gasteiger charge is -2.38. The van der Waals surface area contributed by atoms with Crippen molar-refractivity contribution in [3.63, 3.8) is 0 Å². The van der Waals surface area contributed by atoms with E-state index in [0.29, 0.717) is 6.54 Å². The number of piperazine rings is 1. The molecule has 2 fully saturated rings. The van der Waals surface area contributed by atoms with Gasteiger partial charge in [0.05, 0.1) is 12.6 Å². The molecule has 0 aliphatic carbocycles. The number of benzene rings is 1. The van der Waals surface area contributed by atoms with Gasteiger partial charge in [-0.05, 0) is 31.4 Å². The molecule has 2 heterocycles. The molecular weight excluding hydrogens is 328 g/mol. The van der Waals surface area contributed by atoms with Crippen LogP contribution in [0.2, 0.25) is 0 Å². The summed E-state index contributed by atoms with van der Waals surface area (Å²) in [5.74, 6) is 0.310. The molecule has 1 N–H and O–H groups in total. The molecule has 6 nitrogen and oxygen atoms in total. The average molecular weight is 358 g/mol. The first-order valence-corrected chi connectivity index (χ1v) is 9.77. The van der Waals surface area contributed by atoms with Gasteiger partial charge in [0, 0.05) is 45.0 Å². The molecule has 2 amide bonds. The van der Waals surface area contributed by atoms with Crippen molar-refractivity contribution in [1.82, 2.24) is 14.7 Å². The van der Waals surface area contributed by atoms with Gasteiger partial charge in [-0.25, -0.2) is 0 Å². The van der Waals surface area contributed by atoms with Crippen LogP contribution in [0.4, 0.5) is 5.69 Å². The van der Waals surface area contributed by atoms with Crippen molar-refractivity contribution in [2.45, 2.75) is 32.2 Å². The number of amides is 2. The van der Waals surface area contributed by atoms with Gasteiger partial charge < -0.3 is 10.2 Å². The second kappa shape index (κ2) is 9.14. The first-order valence-electron chi connectivity index (χ1n) is 9.77. The monoisotopic (exact) mass is 358 g/mol. The van der Waals surface area contributed by atoms with Crippen LogP contribution in [-0.4, -0.2) is 78.4 Å². The number of nitrogens with zero attached hydrogens (tertiary/aromatic N) is 3. The lowest BCUT2D eigenvalue weighted by atomic mass is 10.1. The summed E-state index contributed by atoms with van der Waals surface area (Å²) in [6.45, 7) is 7.73. The summed E-state index contributed by atoms with van der Waals surface area (Å²) < 4.78 is 0. The normalized spacial score (nSPS) is 20.1. The van der Waals surface area contributed by atoms with E-state index in [9.17, 15) is 9.59 Å². The Morgan fingerprint density at radius 1 is 1.00 bits per heavy atom. The van der Waals surface area contributed by atoms with Crippen LogP contribution >= 0.6 is 0 Å². The standard InChI is InChI=1S/C20H30N4O2/c1-2-18(20(26)21-17-8-4-3-5-9-17)23-14-12-22(13-15-23)16-19(25)24-10-6-7-11-24/h3-5,8-9,18H,2,6-7,10-16H2,1H3,(H,21,26)/t18-/m0/s1. The molecule has 0 unspecified atom stereocenters. The summed E-state index contributed by atoms with van der Waals surface area (Å²) in [5.41, 5.74) is 0.839. The van der Waals surface area contributed by atoms with Crippen molar-refractivity contribution in [1.29, 1.82) is 0 Å². The number of carbonyl (C=O) groups is 2. The molecule has 1 atom stereocenters. The highest BCUT2D eigenvalue weighted by Crippen LogP contribution is 2.14. The van der Waals surface area contributed by atoms with Crippen molar-refractivity contribution < 1.29 is 9.59 Å². The van der Waals surface area contributed by atoms with E-state index in [1.54, 1.807) is 0 Å². The quantitative estimate of drug-likeness (QED) is 0.840. The first-order chi connectivity index (χ1) is 12.7. The molecular formula is C20H30N4O2. The van der Waals surface area contributed by atoms with Gasteiger partial charge in [-0.1, -0.05) is 25.1 Å². The van der Waals surface area contributed by atoms with Crippen LogP contribution in [0.1, 0.15) is 26.2 Å². The van der Waals surface area contributed by atoms with E-state index >= 15 is 0 Å². The number of hydrogen-bond acceptors (Lipinski definition) is 4. The zero-order valence-electron chi connectivity index (χ0n) is 15.7. The second-order valence-electron chi connectivity index (χ2n) is 7.18. The number of para-hydroxylation sites is 1. The van der Waals surface area contributed by atoms with Gasteiger partial charge in [-0.2, -0.15) is 0 Å². The molecule has 0 saturated carbocycles. The maximum atomic E-state index is 12.6. The van der Waals surface area contributed by atoms with Crippen molar-refractivity contribution in [2.75, 3.05) is 51.1 Å². The van der Waals surface area contributed by atoms with Crippen molar-refractivity contribution >= 4 is 17.5 Å². The molecule has 3 rings (SSSR count). The van der Waals surface area contributed by atoms with Gasteiger partial charge in [-0.3, -0.25) is 19.4 Å². The van der Waals surface area contributed by atoms with Crippen molar-refractivity contribution in [3.8, 4) is 0 Å². The van der Waals surface area contributed by atoms with Crippen LogP contribution in [0, 0.1) is 0 Å². The minimum absolute atomic E-state index is 0.0558. The maximum absolute atomic E-state index is 12.6. The van der Waals surface area contributed by atoms with E-state index in [4.69, 9.17) is 0 Å². The van der Waals surface area contributed by atoms with E-state index in [2.05, 4.69) is 22.0 Å². The summed E-state index contributed by atoms with van der Waals surface area (Å²) >= 11 is 0.